The molecule has 0 unspecified atom stereocenters. The first-order valence-corrected chi connectivity index (χ1v) is 8.69. The van der Waals surface area contributed by atoms with Crippen LogP contribution in [0, 0.1) is 13.8 Å². The van der Waals surface area contributed by atoms with Gasteiger partial charge in [0.05, 0.1) is 19.3 Å². The highest BCUT2D eigenvalue weighted by Crippen LogP contribution is 2.36. The molecule has 0 radical (unpaired) electrons. The number of hydrogen-bond donors (Lipinski definition) is 1. The van der Waals surface area contributed by atoms with Gasteiger partial charge in [-0.15, -0.1) is 0 Å². The number of benzene rings is 2. The van der Waals surface area contributed by atoms with Gasteiger partial charge in [-0.25, -0.2) is 0 Å². The number of nitrogens with zero attached hydrogens (tertiary/aromatic N) is 1. The molecule has 3 aromatic rings. The summed E-state index contributed by atoms with van der Waals surface area (Å²) in [5.74, 6) is 0. The molecule has 124 valence electrons. The summed E-state index contributed by atoms with van der Waals surface area (Å²) in [7, 11) is 0. The van der Waals surface area contributed by atoms with Gasteiger partial charge in [-0.3, -0.25) is 4.90 Å². The first-order chi connectivity index (χ1) is 11.7. The van der Waals surface area contributed by atoms with Crippen molar-refractivity contribution in [2.75, 3.05) is 26.3 Å². The minimum atomic E-state index is 0.269. The van der Waals surface area contributed by atoms with Crippen molar-refractivity contribution >= 4 is 10.9 Å². The molecule has 1 aliphatic rings. The fourth-order valence-electron chi connectivity index (χ4n) is 3.80. The van der Waals surface area contributed by atoms with Crippen LogP contribution in [0.3, 0.4) is 0 Å². The molecule has 1 fully saturated rings. The summed E-state index contributed by atoms with van der Waals surface area (Å²) in [6.45, 7) is 7.89. The van der Waals surface area contributed by atoms with Crippen LogP contribution in [-0.2, 0) is 4.74 Å². The average Bonchev–Trinajstić information content (AvgIpc) is 2.94. The van der Waals surface area contributed by atoms with E-state index in [1.165, 1.54) is 33.3 Å². The molecule has 1 aromatic heterocycles. The molecule has 1 N–H and O–H groups in total. The van der Waals surface area contributed by atoms with Gasteiger partial charge in [-0.05, 0) is 25.5 Å². The topological polar surface area (TPSA) is 28.3 Å². The zero-order chi connectivity index (χ0) is 16.5. The van der Waals surface area contributed by atoms with Crippen molar-refractivity contribution in [2.45, 2.75) is 19.9 Å². The third kappa shape index (κ3) is 2.74. The van der Waals surface area contributed by atoms with E-state index in [1.807, 2.05) is 0 Å². The monoisotopic (exact) mass is 320 g/mol. The summed E-state index contributed by atoms with van der Waals surface area (Å²) in [6, 6.07) is 17.9. The van der Waals surface area contributed by atoms with Gasteiger partial charge in [0.1, 0.15) is 0 Å². The van der Waals surface area contributed by atoms with E-state index < -0.39 is 0 Å². The van der Waals surface area contributed by atoms with Crippen molar-refractivity contribution in [1.82, 2.24) is 9.88 Å². The van der Waals surface area contributed by atoms with Gasteiger partial charge in [-0.2, -0.15) is 0 Å². The molecule has 3 heteroatoms. The van der Waals surface area contributed by atoms with Crippen molar-refractivity contribution in [3.05, 3.63) is 70.9 Å². The lowest BCUT2D eigenvalue weighted by Gasteiger charge is -2.35. The van der Waals surface area contributed by atoms with Crippen LogP contribution in [-0.4, -0.2) is 36.2 Å². The fraction of sp³-hybridized carbons (Fsp3) is 0.333. The smallest absolute Gasteiger partial charge is 0.0627 e. The molecule has 0 aliphatic carbocycles. The van der Waals surface area contributed by atoms with Gasteiger partial charge >= 0.3 is 0 Å². The lowest BCUT2D eigenvalue weighted by Crippen LogP contribution is -2.39. The number of morpholine rings is 1. The Hall–Kier alpha value is -2.10. The second-order valence-electron chi connectivity index (χ2n) is 6.67. The van der Waals surface area contributed by atoms with Crippen LogP contribution in [0.5, 0.6) is 0 Å². The van der Waals surface area contributed by atoms with E-state index in [2.05, 4.69) is 72.3 Å². The maximum atomic E-state index is 5.59. The molecule has 1 saturated heterocycles. The summed E-state index contributed by atoms with van der Waals surface area (Å²) in [5, 5.41) is 1.33. The van der Waals surface area contributed by atoms with E-state index in [1.54, 1.807) is 0 Å². The second-order valence-corrected chi connectivity index (χ2v) is 6.67. The lowest BCUT2D eigenvalue weighted by atomic mass is 9.93. The summed E-state index contributed by atoms with van der Waals surface area (Å²) in [4.78, 5) is 6.12. The molecule has 0 saturated carbocycles. The number of ether oxygens (including phenoxy) is 1. The molecule has 0 bridgehead atoms. The zero-order valence-electron chi connectivity index (χ0n) is 14.4. The van der Waals surface area contributed by atoms with Crippen LogP contribution in [0.1, 0.15) is 28.4 Å². The van der Waals surface area contributed by atoms with Crippen LogP contribution >= 0.6 is 0 Å². The van der Waals surface area contributed by atoms with Gasteiger partial charge in [0.2, 0.25) is 0 Å². The quantitative estimate of drug-likeness (QED) is 0.783. The molecule has 1 aliphatic heterocycles. The molecule has 0 spiro atoms. The average molecular weight is 320 g/mol. The van der Waals surface area contributed by atoms with E-state index in [4.69, 9.17) is 4.74 Å². The maximum absolute atomic E-state index is 5.59. The van der Waals surface area contributed by atoms with Crippen molar-refractivity contribution in [2.24, 2.45) is 0 Å². The van der Waals surface area contributed by atoms with Crippen molar-refractivity contribution in [3.63, 3.8) is 0 Å². The summed E-state index contributed by atoms with van der Waals surface area (Å²) < 4.78 is 5.59. The fourth-order valence-corrected chi connectivity index (χ4v) is 3.80. The first-order valence-electron chi connectivity index (χ1n) is 8.69. The van der Waals surface area contributed by atoms with Crippen LogP contribution in [0.25, 0.3) is 10.9 Å². The summed E-state index contributed by atoms with van der Waals surface area (Å²) in [6.07, 6.45) is 0. The van der Waals surface area contributed by atoms with Gasteiger partial charge in [0.15, 0.2) is 0 Å². The highest BCUT2D eigenvalue weighted by molar-refractivity contribution is 5.85. The van der Waals surface area contributed by atoms with Crippen LogP contribution < -0.4 is 0 Å². The molecular formula is C21H24N2O. The SMILES string of the molecule is Cc1ccc([C@H](c2c(C)[nH]c3ccccc23)N2CCOCC2)cc1. The van der Waals surface area contributed by atoms with Crippen LogP contribution in [0.4, 0.5) is 0 Å². The Morgan fingerprint density at radius 1 is 0.958 bits per heavy atom. The minimum Gasteiger partial charge on any atom is -0.379 e. The number of fused-ring (bicyclic) bond motifs is 1. The molecule has 3 nitrogen and oxygen atoms in total. The van der Waals surface area contributed by atoms with E-state index in [-0.39, 0.29) is 6.04 Å². The molecule has 4 rings (SSSR count). The Morgan fingerprint density at radius 2 is 1.67 bits per heavy atom. The second kappa shape index (κ2) is 6.42. The highest BCUT2D eigenvalue weighted by atomic mass is 16.5. The van der Waals surface area contributed by atoms with E-state index in [0.717, 1.165) is 26.3 Å². The number of nitrogens with one attached hydrogen (secondary N) is 1. The minimum absolute atomic E-state index is 0.269. The number of aryl methyl sites for hydroxylation is 2. The third-order valence-corrected chi connectivity index (χ3v) is 5.02. The normalized spacial score (nSPS) is 17.2. The Bertz CT molecular complexity index is 829. The number of aromatic nitrogens is 1. The number of hydrogen-bond acceptors (Lipinski definition) is 2. The molecular weight excluding hydrogens is 296 g/mol. The predicted molar refractivity (Wildman–Crippen MR) is 98.4 cm³/mol. The van der Waals surface area contributed by atoms with Crippen LogP contribution in [0.2, 0.25) is 0 Å². The van der Waals surface area contributed by atoms with Gasteiger partial charge in [0, 0.05) is 35.2 Å². The molecule has 2 heterocycles. The number of para-hydroxylation sites is 1. The zero-order valence-corrected chi connectivity index (χ0v) is 14.4. The van der Waals surface area contributed by atoms with Crippen molar-refractivity contribution in [1.29, 1.82) is 0 Å². The maximum Gasteiger partial charge on any atom is 0.0627 e. The largest absolute Gasteiger partial charge is 0.379 e. The van der Waals surface area contributed by atoms with Crippen molar-refractivity contribution in [3.8, 4) is 0 Å². The Labute approximate surface area is 143 Å². The van der Waals surface area contributed by atoms with Gasteiger partial charge < -0.3 is 9.72 Å². The molecule has 1 atom stereocenters. The summed E-state index contributed by atoms with van der Waals surface area (Å²) in [5.41, 5.74) is 6.53. The molecule has 2 aromatic carbocycles. The number of H-pyrrole nitrogens is 1. The number of aromatic amines is 1. The van der Waals surface area contributed by atoms with Gasteiger partial charge in [0.25, 0.3) is 0 Å². The van der Waals surface area contributed by atoms with E-state index >= 15 is 0 Å². The standard InChI is InChI=1S/C21H24N2O/c1-15-7-9-17(10-8-15)21(23-11-13-24-14-12-23)20-16(2)22-19-6-4-3-5-18(19)20/h3-10,21-22H,11-14H2,1-2H3/t21-/m1/s1. The third-order valence-electron chi connectivity index (χ3n) is 5.02. The van der Waals surface area contributed by atoms with E-state index in [9.17, 15) is 0 Å². The lowest BCUT2D eigenvalue weighted by molar-refractivity contribution is 0.0241. The molecule has 0 amide bonds. The van der Waals surface area contributed by atoms with Crippen molar-refractivity contribution < 1.29 is 4.74 Å². The van der Waals surface area contributed by atoms with Gasteiger partial charge in [-0.1, -0.05) is 48.0 Å². The van der Waals surface area contributed by atoms with Crippen LogP contribution in [0.15, 0.2) is 48.5 Å². The Morgan fingerprint density at radius 3 is 2.42 bits per heavy atom. The molecule has 24 heavy (non-hydrogen) atoms. The Balaban J connectivity index is 1.87. The predicted octanol–water partition coefficient (Wildman–Crippen LogP) is 4.21. The highest BCUT2D eigenvalue weighted by Gasteiger charge is 2.28. The van der Waals surface area contributed by atoms with E-state index in [0.29, 0.717) is 0 Å². The first kappa shape index (κ1) is 15.4. The Kier molecular flexibility index (Phi) is 4.13. The number of rotatable bonds is 3. The summed E-state index contributed by atoms with van der Waals surface area (Å²) >= 11 is 0.